The first-order chi connectivity index (χ1) is 16.0. The molecule has 4 rings (SSSR count). The lowest BCUT2D eigenvalue weighted by Crippen LogP contribution is -2.01. The van der Waals surface area contributed by atoms with Gasteiger partial charge in [-0.25, -0.2) is 9.79 Å². The zero-order chi connectivity index (χ0) is 23.2. The Morgan fingerprint density at radius 3 is 2.52 bits per heavy atom. The van der Waals surface area contributed by atoms with Gasteiger partial charge in [-0.2, -0.15) is 0 Å². The second kappa shape index (κ2) is 10.4. The summed E-state index contributed by atoms with van der Waals surface area (Å²) in [7, 11) is 1.54. The summed E-state index contributed by atoms with van der Waals surface area (Å²) in [5.74, 6) is 0.768. The highest BCUT2D eigenvalue weighted by Crippen LogP contribution is 2.31. The number of esters is 1. The van der Waals surface area contributed by atoms with Gasteiger partial charge in [-0.15, -0.1) is 0 Å². The van der Waals surface area contributed by atoms with Crippen molar-refractivity contribution >= 4 is 47.2 Å². The minimum Gasteiger partial charge on any atom is -0.493 e. The van der Waals surface area contributed by atoms with Crippen LogP contribution in [-0.2, 0) is 16.1 Å². The molecule has 0 aromatic heterocycles. The summed E-state index contributed by atoms with van der Waals surface area (Å²) >= 11 is 12.1. The highest BCUT2D eigenvalue weighted by atomic mass is 35.5. The van der Waals surface area contributed by atoms with Gasteiger partial charge in [0.25, 0.3) is 0 Å². The van der Waals surface area contributed by atoms with Gasteiger partial charge >= 0.3 is 5.97 Å². The number of benzene rings is 3. The number of methoxy groups -OCH3 is 1. The molecule has 0 radical (unpaired) electrons. The van der Waals surface area contributed by atoms with E-state index in [0.29, 0.717) is 27.1 Å². The van der Waals surface area contributed by atoms with E-state index in [2.05, 4.69) is 4.99 Å². The van der Waals surface area contributed by atoms with Gasteiger partial charge in [0.05, 0.1) is 7.11 Å². The van der Waals surface area contributed by atoms with E-state index in [4.69, 9.17) is 37.4 Å². The lowest BCUT2D eigenvalue weighted by Gasteiger charge is -2.12. The van der Waals surface area contributed by atoms with Gasteiger partial charge in [-0.3, -0.25) is 0 Å². The Balaban J connectivity index is 1.49. The third-order valence-corrected chi connectivity index (χ3v) is 5.33. The van der Waals surface area contributed by atoms with E-state index < -0.39 is 5.97 Å². The fourth-order valence-corrected chi connectivity index (χ4v) is 3.54. The maximum atomic E-state index is 12.2. The monoisotopic (exact) mass is 479 g/mol. The molecule has 5 nitrogen and oxygen atoms in total. The van der Waals surface area contributed by atoms with Gasteiger partial charge in [0.1, 0.15) is 6.61 Å². The van der Waals surface area contributed by atoms with Crippen LogP contribution in [0.2, 0.25) is 10.0 Å². The molecule has 3 aromatic carbocycles. The summed E-state index contributed by atoms with van der Waals surface area (Å²) in [6.45, 7) is 0.251. The second-order valence-electron chi connectivity index (χ2n) is 7.05. The Morgan fingerprint density at radius 2 is 1.76 bits per heavy atom. The zero-order valence-corrected chi connectivity index (χ0v) is 19.1. The molecule has 0 saturated carbocycles. The van der Waals surface area contributed by atoms with Crippen molar-refractivity contribution in [2.24, 2.45) is 4.99 Å². The van der Waals surface area contributed by atoms with Crippen molar-refractivity contribution < 1.29 is 19.0 Å². The molecule has 0 N–H and O–H groups in total. The van der Waals surface area contributed by atoms with Crippen molar-refractivity contribution in [3.63, 3.8) is 0 Å². The Labute approximate surface area is 201 Å². The van der Waals surface area contributed by atoms with E-state index in [9.17, 15) is 4.79 Å². The van der Waals surface area contributed by atoms with Crippen LogP contribution < -0.4 is 9.47 Å². The molecule has 0 amide bonds. The molecule has 166 valence electrons. The lowest BCUT2D eigenvalue weighted by molar-refractivity contribution is -0.129. The molecule has 0 atom stereocenters. The summed E-state index contributed by atoms with van der Waals surface area (Å²) in [5, 5.41) is 1.09. The van der Waals surface area contributed by atoms with Crippen LogP contribution in [-0.4, -0.2) is 19.0 Å². The summed E-state index contributed by atoms with van der Waals surface area (Å²) in [5.41, 5.74) is 2.70. The van der Waals surface area contributed by atoms with Crippen molar-refractivity contribution in [2.45, 2.75) is 6.61 Å². The van der Waals surface area contributed by atoms with Crippen LogP contribution >= 0.6 is 23.2 Å². The van der Waals surface area contributed by atoms with E-state index in [1.165, 1.54) is 0 Å². The van der Waals surface area contributed by atoms with Gasteiger partial charge < -0.3 is 14.2 Å². The van der Waals surface area contributed by atoms with Gasteiger partial charge in [0.2, 0.25) is 5.90 Å². The number of hydrogen-bond donors (Lipinski definition) is 0. The molecule has 1 heterocycles. The molecule has 3 aromatic rings. The molecule has 0 saturated heterocycles. The quantitative estimate of drug-likeness (QED) is 0.283. The molecular formula is C26H19Cl2NO4. The minimum absolute atomic E-state index is 0.200. The number of carbonyl (C=O) groups is 1. The summed E-state index contributed by atoms with van der Waals surface area (Å²) in [6.07, 6.45) is 5.12. The fraction of sp³-hybridized carbons (Fsp3) is 0.0769. The van der Waals surface area contributed by atoms with Crippen molar-refractivity contribution in [1.82, 2.24) is 0 Å². The molecule has 33 heavy (non-hydrogen) atoms. The molecule has 1 aliphatic heterocycles. The van der Waals surface area contributed by atoms with Crippen molar-refractivity contribution in [3.05, 3.63) is 105 Å². The number of nitrogens with zero attached hydrogens (tertiary/aromatic N) is 1. The minimum atomic E-state index is -0.514. The number of rotatable bonds is 7. The third kappa shape index (κ3) is 5.83. The molecule has 0 bridgehead atoms. The number of ether oxygens (including phenoxy) is 3. The van der Waals surface area contributed by atoms with E-state index in [-0.39, 0.29) is 18.2 Å². The molecule has 0 aliphatic carbocycles. The van der Waals surface area contributed by atoms with Crippen molar-refractivity contribution in [3.8, 4) is 11.5 Å². The van der Waals surface area contributed by atoms with Crippen molar-refractivity contribution in [1.29, 1.82) is 0 Å². The van der Waals surface area contributed by atoms with E-state index in [1.54, 1.807) is 49.6 Å². The highest BCUT2D eigenvalue weighted by molar-refractivity contribution is 6.35. The molecular weight excluding hydrogens is 461 g/mol. The number of carbonyl (C=O) groups excluding carboxylic acids is 1. The van der Waals surface area contributed by atoms with Crippen LogP contribution in [0.1, 0.15) is 16.7 Å². The Kier molecular flexibility index (Phi) is 7.13. The SMILES string of the molecule is COc1cc(/C=C2N=C(/C=C\c3ccccc3)OC\2=O)ccc1OCc1ccc(Cl)cc1Cl. The Hall–Kier alpha value is -3.54. The lowest BCUT2D eigenvalue weighted by atomic mass is 10.1. The zero-order valence-electron chi connectivity index (χ0n) is 17.6. The van der Waals surface area contributed by atoms with Crippen LogP contribution in [0.3, 0.4) is 0 Å². The first-order valence-electron chi connectivity index (χ1n) is 10.0. The maximum absolute atomic E-state index is 12.2. The average molecular weight is 480 g/mol. The summed E-state index contributed by atoms with van der Waals surface area (Å²) in [4.78, 5) is 16.5. The molecule has 0 fully saturated rings. The fourth-order valence-electron chi connectivity index (χ4n) is 3.07. The van der Waals surface area contributed by atoms with Crippen LogP contribution in [0.15, 0.2) is 83.5 Å². The van der Waals surface area contributed by atoms with Gasteiger partial charge in [0, 0.05) is 21.7 Å². The van der Waals surface area contributed by atoms with Crippen molar-refractivity contribution in [2.75, 3.05) is 7.11 Å². The molecule has 7 heteroatoms. The standard InChI is InChI=1S/C26H19Cl2NO4/c1-31-24-14-18(7-11-23(24)32-16-19-9-10-20(27)15-21(19)28)13-22-26(30)33-25(29-22)12-8-17-5-3-2-4-6-17/h2-15H,16H2,1H3/b12-8-,22-13-. The Morgan fingerprint density at radius 1 is 0.939 bits per heavy atom. The number of halogens is 2. The first-order valence-corrected chi connectivity index (χ1v) is 10.8. The van der Waals surface area contributed by atoms with Crippen LogP contribution in [0.25, 0.3) is 12.2 Å². The smallest absolute Gasteiger partial charge is 0.363 e. The van der Waals surface area contributed by atoms with E-state index >= 15 is 0 Å². The van der Waals surface area contributed by atoms with E-state index in [1.807, 2.05) is 42.5 Å². The normalized spacial score (nSPS) is 14.5. The Bertz CT molecular complexity index is 1270. The molecule has 1 aliphatic rings. The largest absolute Gasteiger partial charge is 0.493 e. The third-order valence-electron chi connectivity index (χ3n) is 4.74. The number of hydrogen-bond acceptors (Lipinski definition) is 5. The predicted octanol–water partition coefficient (Wildman–Crippen LogP) is 6.59. The first kappa shape index (κ1) is 22.6. The average Bonchev–Trinajstić information content (AvgIpc) is 3.17. The van der Waals surface area contributed by atoms with Crippen LogP contribution in [0.4, 0.5) is 0 Å². The van der Waals surface area contributed by atoms with Gasteiger partial charge in [-0.1, -0.05) is 65.7 Å². The van der Waals surface area contributed by atoms with Crippen LogP contribution in [0, 0.1) is 0 Å². The van der Waals surface area contributed by atoms with E-state index in [0.717, 1.165) is 11.1 Å². The second-order valence-corrected chi connectivity index (χ2v) is 7.89. The number of aliphatic imine (C=N–C) groups is 1. The topological polar surface area (TPSA) is 57.1 Å². The maximum Gasteiger partial charge on any atom is 0.363 e. The summed E-state index contributed by atoms with van der Waals surface area (Å²) in [6, 6.07) is 20.2. The summed E-state index contributed by atoms with van der Waals surface area (Å²) < 4.78 is 16.6. The van der Waals surface area contributed by atoms with Crippen LogP contribution in [0.5, 0.6) is 11.5 Å². The highest BCUT2D eigenvalue weighted by Gasteiger charge is 2.21. The van der Waals surface area contributed by atoms with Gasteiger partial charge in [-0.05, 0) is 47.5 Å². The number of cyclic esters (lactones) is 1. The van der Waals surface area contributed by atoms with Gasteiger partial charge in [0.15, 0.2) is 17.2 Å². The predicted molar refractivity (Wildman–Crippen MR) is 131 cm³/mol. The molecule has 0 unspecified atom stereocenters. The molecule has 0 spiro atoms.